The zero-order valence-corrected chi connectivity index (χ0v) is 10.3. The van der Waals surface area contributed by atoms with E-state index in [0.717, 1.165) is 0 Å². The molecule has 0 fully saturated rings. The van der Waals surface area contributed by atoms with E-state index in [1.807, 2.05) is 0 Å². The maximum Gasteiger partial charge on any atom is 0.534 e. The molecule has 0 saturated heterocycles. The summed E-state index contributed by atoms with van der Waals surface area (Å²) in [5.74, 6) is -0.335. The van der Waals surface area contributed by atoms with Gasteiger partial charge in [-0.2, -0.15) is 21.6 Å². The smallest absolute Gasteiger partial charge is 0.376 e. The van der Waals surface area contributed by atoms with Gasteiger partial charge >= 0.3 is 15.6 Å². The Morgan fingerprint density at radius 1 is 1.33 bits per heavy atom. The zero-order valence-electron chi connectivity index (χ0n) is 9.49. The fraction of sp³-hybridized carbons (Fsp3) is 0.273. The molecule has 0 aliphatic carbocycles. The lowest BCUT2D eigenvalue weighted by Crippen LogP contribution is -2.28. The summed E-state index contributed by atoms with van der Waals surface area (Å²) in [5, 5.41) is 0. The normalized spacial score (nSPS) is 12.2. The van der Waals surface area contributed by atoms with E-state index in [1.165, 1.54) is 18.2 Å². The number of para-hydroxylation sites is 1. The third-order valence-electron chi connectivity index (χ3n) is 1.95. The average Bonchev–Trinajstić information content (AvgIpc) is 2.18. The van der Waals surface area contributed by atoms with Crippen molar-refractivity contribution in [1.29, 1.82) is 0 Å². The molecule has 3 nitrogen and oxygen atoms in total. The molecule has 7 heteroatoms. The van der Waals surface area contributed by atoms with E-state index in [4.69, 9.17) is 0 Å². The molecule has 1 rings (SSSR count). The molecule has 0 saturated carbocycles. The maximum atomic E-state index is 12.2. The third kappa shape index (κ3) is 3.49. The molecule has 0 bridgehead atoms. The fourth-order valence-corrected chi connectivity index (χ4v) is 1.72. The van der Waals surface area contributed by atoms with Crippen LogP contribution in [0.3, 0.4) is 0 Å². The maximum absolute atomic E-state index is 12.2. The molecule has 0 N–H and O–H groups in total. The molecule has 0 aromatic heterocycles. The van der Waals surface area contributed by atoms with Gasteiger partial charge in [-0.05, 0) is 25.0 Å². The molecule has 100 valence electrons. The molecule has 0 spiro atoms. The number of hydrogen-bond acceptors (Lipinski definition) is 3. The third-order valence-corrected chi connectivity index (χ3v) is 2.91. The van der Waals surface area contributed by atoms with Gasteiger partial charge in [0.15, 0.2) is 0 Å². The van der Waals surface area contributed by atoms with Crippen molar-refractivity contribution in [3.63, 3.8) is 0 Å². The van der Waals surface area contributed by atoms with Gasteiger partial charge in [-0.25, -0.2) is 0 Å². The Hall–Kier alpha value is -1.50. The zero-order chi connectivity index (χ0) is 14.0. The van der Waals surface area contributed by atoms with Gasteiger partial charge in [0.05, 0.1) is 0 Å². The molecule has 1 aromatic rings. The van der Waals surface area contributed by atoms with E-state index in [9.17, 15) is 21.6 Å². The van der Waals surface area contributed by atoms with Crippen LogP contribution in [0.5, 0.6) is 5.75 Å². The SMILES string of the molecule is C=C(C)Cc1ccccc1OS(=O)(=O)C(F)(F)F. The largest absolute Gasteiger partial charge is 0.534 e. The molecule has 0 aliphatic rings. The topological polar surface area (TPSA) is 43.4 Å². The predicted molar refractivity (Wildman–Crippen MR) is 60.6 cm³/mol. The molecule has 0 atom stereocenters. The summed E-state index contributed by atoms with van der Waals surface area (Å²) in [5.41, 5.74) is -4.43. The standard InChI is InChI=1S/C11H11F3O3S/c1-8(2)7-9-5-3-4-6-10(9)17-18(15,16)11(12,13)14/h3-6H,1,7H2,2H3. The van der Waals surface area contributed by atoms with Crippen LogP contribution in [-0.4, -0.2) is 13.9 Å². The number of allylic oxidation sites excluding steroid dienone is 1. The van der Waals surface area contributed by atoms with Crippen molar-refractivity contribution in [3.05, 3.63) is 42.0 Å². The van der Waals surface area contributed by atoms with E-state index in [0.29, 0.717) is 11.1 Å². The van der Waals surface area contributed by atoms with Crippen LogP contribution in [-0.2, 0) is 16.5 Å². The van der Waals surface area contributed by atoms with Crippen LogP contribution in [0.2, 0.25) is 0 Å². The fourth-order valence-electron chi connectivity index (χ4n) is 1.22. The lowest BCUT2D eigenvalue weighted by atomic mass is 10.1. The van der Waals surface area contributed by atoms with Crippen molar-refractivity contribution in [3.8, 4) is 5.75 Å². The highest BCUT2D eigenvalue weighted by atomic mass is 32.2. The molecule has 0 aliphatic heterocycles. The van der Waals surface area contributed by atoms with Gasteiger partial charge in [0.25, 0.3) is 0 Å². The minimum absolute atomic E-state index is 0.240. The van der Waals surface area contributed by atoms with E-state index in [-0.39, 0.29) is 12.2 Å². The summed E-state index contributed by atoms with van der Waals surface area (Å²) in [7, 11) is -5.64. The molecule has 0 unspecified atom stereocenters. The number of rotatable bonds is 4. The van der Waals surface area contributed by atoms with Crippen LogP contribution >= 0.6 is 0 Å². The van der Waals surface area contributed by atoms with E-state index in [2.05, 4.69) is 10.8 Å². The van der Waals surface area contributed by atoms with Crippen molar-refractivity contribution < 1.29 is 25.8 Å². The van der Waals surface area contributed by atoms with Gasteiger partial charge in [-0.1, -0.05) is 30.4 Å². The Bertz CT molecular complexity index is 547. The van der Waals surface area contributed by atoms with Crippen LogP contribution in [0.25, 0.3) is 0 Å². The van der Waals surface area contributed by atoms with E-state index < -0.39 is 15.6 Å². The Balaban J connectivity index is 3.09. The number of benzene rings is 1. The van der Waals surface area contributed by atoms with Crippen LogP contribution < -0.4 is 4.18 Å². The van der Waals surface area contributed by atoms with Crippen LogP contribution in [0, 0.1) is 0 Å². The van der Waals surface area contributed by atoms with Crippen molar-refractivity contribution in [2.24, 2.45) is 0 Å². The molecule has 1 aromatic carbocycles. The lowest BCUT2D eigenvalue weighted by molar-refractivity contribution is -0.0500. The van der Waals surface area contributed by atoms with Crippen LogP contribution in [0.15, 0.2) is 36.4 Å². The Labute approximate surface area is 103 Å². The second-order valence-corrected chi connectivity index (χ2v) is 5.26. The summed E-state index contributed by atoms with van der Waals surface area (Å²) in [6.07, 6.45) is 0.240. The molecule has 0 amide bonds. The first kappa shape index (κ1) is 14.6. The minimum atomic E-state index is -5.64. The highest BCUT2D eigenvalue weighted by Gasteiger charge is 2.48. The summed E-state index contributed by atoms with van der Waals surface area (Å²) >= 11 is 0. The Morgan fingerprint density at radius 2 is 1.89 bits per heavy atom. The number of hydrogen-bond donors (Lipinski definition) is 0. The predicted octanol–water partition coefficient (Wildman–Crippen LogP) is 3.03. The minimum Gasteiger partial charge on any atom is -0.376 e. The van der Waals surface area contributed by atoms with Gasteiger partial charge in [-0.15, -0.1) is 0 Å². The van der Waals surface area contributed by atoms with Crippen molar-refractivity contribution >= 4 is 10.1 Å². The molecule has 0 radical (unpaired) electrons. The van der Waals surface area contributed by atoms with Gasteiger partial charge in [0.1, 0.15) is 5.75 Å². The van der Waals surface area contributed by atoms with E-state index >= 15 is 0 Å². The average molecular weight is 280 g/mol. The lowest BCUT2D eigenvalue weighted by Gasteiger charge is -2.12. The molecule has 0 heterocycles. The quantitative estimate of drug-likeness (QED) is 0.483. The van der Waals surface area contributed by atoms with Crippen LogP contribution in [0.1, 0.15) is 12.5 Å². The highest BCUT2D eigenvalue weighted by Crippen LogP contribution is 2.29. The van der Waals surface area contributed by atoms with Crippen LogP contribution in [0.4, 0.5) is 13.2 Å². The van der Waals surface area contributed by atoms with Crippen molar-refractivity contribution in [2.75, 3.05) is 0 Å². The van der Waals surface area contributed by atoms with Gasteiger partial charge in [0.2, 0.25) is 0 Å². The highest BCUT2D eigenvalue weighted by molar-refractivity contribution is 7.88. The first-order valence-corrected chi connectivity index (χ1v) is 6.27. The molecular formula is C11H11F3O3S. The summed E-state index contributed by atoms with van der Waals surface area (Å²) in [4.78, 5) is 0. The second kappa shape index (κ2) is 5.01. The first-order chi connectivity index (χ1) is 8.13. The second-order valence-electron chi connectivity index (χ2n) is 3.72. The van der Waals surface area contributed by atoms with Crippen molar-refractivity contribution in [2.45, 2.75) is 18.9 Å². The van der Waals surface area contributed by atoms with Crippen molar-refractivity contribution in [1.82, 2.24) is 0 Å². The monoisotopic (exact) mass is 280 g/mol. The summed E-state index contributed by atoms with van der Waals surface area (Å²) < 4.78 is 62.4. The summed E-state index contributed by atoms with van der Waals surface area (Å²) in [6.45, 7) is 5.29. The van der Waals surface area contributed by atoms with Gasteiger partial charge < -0.3 is 4.18 Å². The number of alkyl halides is 3. The van der Waals surface area contributed by atoms with E-state index in [1.54, 1.807) is 13.0 Å². The summed E-state index contributed by atoms with van der Waals surface area (Å²) in [6, 6.07) is 5.62. The Kier molecular flexibility index (Phi) is 4.05. The molecular weight excluding hydrogens is 269 g/mol. The molecule has 18 heavy (non-hydrogen) atoms. The van der Waals surface area contributed by atoms with Gasteiger partial charge in [0, 0.05) is 0 Å². The Morgan fingerprint density at radius 3 is 2.39 bits per heavy atom. The number of halogens is 3. The van der Waals surface area contributed by atoms with Gasteiger partial charge in [-0.3, -0.25) is 0 Å². The first-order valence-electron chi connectivity index (χ1n) is 4.86.